The maximum Gasteiger partial charge on any atom is 0.416 e. The molecule has 0 radical (unpaired) electrons. The van der Waals surface area contributed by atoms with Crippen molar-refractivity contribution < 1.29 is 17.9 Å². The van der Waals surface area contributed by atoms with Crippen LogP contribution in [0.5, 0.6) is 0 Å². The van der Waals surface area contributed by atoms with Gasteiger partial charge in [-0.25, -0.2) is 9.97 Å². The van der Waals surface area contributed by atoms with E-state index in [1.165, 1.54) is 18.8 Å². The van der Waals surface area contributed by atoms with Crippen molar-refractivity contribution in [3.63, 3.8) is 0 Å². The number of piperidine rings is 1. The minimum absolute atomic E-state index is 0.0364. The fraction of sp³-hybridized carbons (Fsp3) is 0.524. The number of anilines is 3. The van der Waals surface area contributed by atoms with E-state index in [0.29, 0.717) is 37.8 Å². The smallest absolute Gasteiger partial charge is 0.378 e. The molecule has 9 heteroatoms. The Kier molecular flexibility index (Phi) is 6.26. The molecule has 162 valence electrons. The molecule has 2 aliphatic rings. The Morgan fingerprint density at radius 3 is 2.43 bits per heavy atom. The van der Waals surface area contributed by atoms with E-state index in [1.54, 1.807) is 18.2 Å². The highest BCUT2D eigenvalue weighted by Gasteiger charge is 2.34. The summed E-state index contributed by atoms with van der Waals surface area (Å²) in [5.41, 5.74) is 0.144. The molecule has 2 aromatic rings. The zero-order chi connectivity index (χ0) is 21.0. The SMILES string of the molecule is FC(F)(F)c1cc(N2CCOCC2)ccc1CNc1cc(N2CCCCC2)ncn1. The van der Waals surface area contributed by atoms with Gasteiger partial charge in [-0.05, 0) is 37.0 Å². The minimum Gasteiger partial charge on any atom is -0.378 e. The Hall–Kier alpha value is -2.55. The molecule has 6 nitrogen and oxygen atoms in total. The number of alkyl halides is 3. The van der Waals surface area contributed by atoms with E-state index in [4.69, 9.17) is 4.74 Å². The molecule has 0 saturated carbocycles. The quantitative estimate of drug-likeness (QED) is 0.790. The molecule has 4 rings (SSSR count). The average molecular weight is 421 g/mol. The van der Waals surface area contributed by atoms with Gasteiger partial charge in [0.15, 0.2) is 0 Å². The van der Waals surface area contributed by atoms with Crippen LogP contribution in [0, 0.1) is 0 Å². The highest BCUT2D eigenvalue weighted by atomic mass is 19.4. The van der Waals surface area contributed by atoms with Crippen LogP contribution in [0.4, 0.5) is 30.5 Å². The molecule has 0 bridgehead atoms. The number of halogens is 3. The second-order valence-electron chi connectivity index (χ2n) is 7.60. The third-order valence-corrected chi connectivity index (χ3v) is 5.57. The average Bonchev–Trinajstić information content (AvgIpc) is 2.78. The Morgan fingerprint density at radius 1 is 0.933 bits per heavy atom. The zero-order valence-corrected chi connectivity index (χ0v) is 16.8. The van der Waals surface area contributed by atoms with E-state index in [-0.39, 0.29) is 12.1 Å². The lowest BCUT2D eigenvalue weighted by Crippen LogP contribution is -2.36. The summed E-state index contributed by atoms with van der Waals surface area (Å²) in [6.45, 7) is 4.16. The van der Waals surface area contributed by atoms with Gasteiger partial charge in [-0.1, -0.05) is 6.07 Å². The van der Waals surface area contributed by atoms with Crippen LogP contribution in [-0.2, 0) is 17.5 Å². The molecule has 1 N–H and O–H groups in total. The highest BCUT2D eigenvalue weighted by molar-refractivity contribution is 5.54. The van der Waals surface area contributed by atoms with Crippen molar-refractivity contribution in [3.8, 4) is 0 Å². The number of aromatic nitrogens is 2. The van der Waals surface area contributed by atoms with Gasteiger partial charge in [0.05, 0.1) is 18.8 Å². The molecule has 3 heterocycles. The molecular formula is C21H26F3N5O. The minimum atomic E-state index is -4.43. The van der Waals surface area contributed by atoms with Gasteiger partial charge in [0.2, 0.25) is 0 Å². The molecule has 30 heavy (non-hydrogen) atoms. The van der Waals surface area contributed by atoms with Crippen LogP contribution in [0.15, 0.2) is 30.6 Å². The summed E-state index contributed by atoms with van der Waals surface area (Å²) in [5.74, 6) is 1.34. The van der Waals surface area contributed by atoms with Crippen molar-refractivity contribution in [1.82, 2.24) is 9.97 Å². The summed E-state index contributed by atoms with van der Waals surface area (Å²) >= 11 is 0. The fourth-order valence-corrected chi connectivity index (χ4v) is 3.93. The topological polar surface area (TPSA) is 53.5 Å². The number of nitrogens with one attached hydrogen (secondary N) is 1. The number of hydrogen-bond donors (Lipinski definition) is 1. The van der Waals surface area contributed by atoms with Crippen molar-refractivity contribution in [2.24, 2.45) is 0 Å². The van der Waals surface area contributed by atoms with Gasteiger partial charge in [-0.15, -0.1) is 0 Å². The molecule has 0 atom stereocenters. The Labute approximate surface area is 174 Å². The Balaban J connectivity index is 1.50. The first-order valence-electron chi connectivity index (χ1n) is 10.3. The van der Waals surface area contributed by atoms with Crippen molar-refractivity contribution in [3.05, 3.63) is 41.7 Å². The van der Waals surface area contributed by atoms with Crippen molar-refractivity contribution in [1.29, 1.82) is 0 Å². The monoisotopic (exact) mass is 421 g/mol. The first-order valence-corrected chi connectivity index (χ1v) is 10.3. The molecule has 1 aromatic heterocycles. The van der Waals surface area contributed by atoms with Gasteiger partial charge >= 0.3 is 6.18 Å². The molecule has 2 saturated heterocycles. The van der Waals surface area contributed by atoms with Crippen LogP contribution in [0.3, 0.4) is 0 Å². The summed E-state index contributed by atoms with van der Waals surface area (Å²) < 4.78 is 46.5. The zero-order valence-electron chi connectivity index (χ0n) is 16.8. The molecule has 0 unspecified atom stereocenters. The van der Waals surface area contributed by atoms with Gasteiger partial charge in [-0.3, -0.25) is 0 Å². The predicted molar refractivity (Wildman–Crippen MR) is 110 cm³/mol. The van der Waals surface area contributed by atoms with E-state index in [2.05, 4.69) is 20.2 Å². The molecule has 1 aromatic carbocycles. The van der Waals surface area contributed by atoms with Gasteiger partial charge in [0.1, 0.15) is 18.0 Å². The summed E-state index contributed by atoms with van der Waals surface area (Å²) in [4.78, 5) is 12.6. The maximum atomic E-state index is 13.7. The number of nitrogens with zero attached hydrogens (tertiary/aromatic N) is 4. The molecule has 2 aliphatic heterocycles. The van der Waals surface area contributed by atoms with Crippen molar-refractivity contribution >= 4 is 17.3 Å². The number of ether oxygens (including phenoxy) is 1. The van der Waals surface area contributed by atoms with Gasteiger partial charge in [0.25, 0.3) is 0 Å². The maximum absolute atomic E-state index is 13.7. The van der Waals surface area contributed by atoms with E-state index < -0.39 is 11.7 Å². The lowest BCUT2D eigenvalue weighted by atomic mass is 10.0. The normalized spacial score (nSPS) is 17.8. The largest absolute Gasteiger partial charge is 0.416 e. The first-order chi connectivity index (χ1) is 14.5. The lowest BCUT2D eigenvalue weighted by molar-refractivity contribution is -0.138. The summed E-state index contributed by atoms with van der Waals surface area (Å²) in [7, 11) is 0. The van der Waals surface area contributed by atoms with Crippen LogP contribution in [0.25, 0.3) is 0 Å². The van der Waals surface area contributed by atoms with E-state index in [1.807, 2.05) is 4.90 Å². The summed E-state index contributed by atoms with van der Waals surface area (Å²) in [6.07, 6.45) is 0.490. The Morgan fingerprint density at radius 2 is 1.70 bits per heavy atom. The lowest BCUT2D eigenvalue weighted by Gasteiger charge is -2.30. The van der Waals surface area contributed by atoms with Crippen molar-refractivity contribution in [2.45, 2.75) is 32.0 Å². The number of morpholine rings is 1. The third kappa shape index (κ3) is 4.95. The molecule has 0 amide bonds. The summed E-state index contributed by atoms with van der Waals surface area (Å²) in [5, 5.41) is 3.04. The predicted octanol–water partition coefficient (Wildman–Crippen LogP) is 3.93. The van der Waals surface area contributed by atoms with Gasteiger partial charge < -0.3 is 19.9 Å². The van der Waals surface area contributed by atoms with Crippen LogP contribution in [0.2, 0.25) is 0 Å². The number of rotatable bonds is 5. The number of benzene rings is 1. The fourth-order valence-electron chi connectivity index (χ4n) is 3.93. The molecule has 0 aliphatic carbocycles. The van der Waals surface area contributed by atoms with E-state index >= 15 is 0 Å². The van der Waals surface area contributed by atoms with Crippen LogP contribution < -0.4 is 15.1 Å². The van der Waals surface area contributed by atoms with Crippen LogP contribution in [0.1, 0.15) is 30.4 Å². The van der Waals surface area contributed by atoms with Crippen LogP contribution >= 0.6 is 0 Å². The van der Waals surface area contributed by atoms with E-state index in [0.717, 1.165) is 31.7 Å². The summed E-state index contributed by atoms with van der Waals surface area (Å²) in [6, 6.07) is 6.34. The Bertz CT molecular complexity index is 849. The first kappa shape index (κ1) is 20.7. The molecular weight excluding hydrogens is 395 g/mol. The third-order valence-electron chi connectivity index (χ3n) is 5.57. The second kappa shape index (κ2) is 9.07. The second-order valence-corrected chi connectivity index (χ2v) is 7.60. The molecule has 0 spiro atoms. The van der Waals surface area contributed by atoms with E-state index in [9.17, 15) is 13.2 Å². The standard InChI is InChI=1S/C21H26F3N5O/c22-21(23,24)18-12-17(28-8-10-30-11-9-28)5-4-16(18)14-25-19-13-20(27-15-26-19)29-6-2-1-3-7-29/h4-5,12-13,15H,1-3,6-11,14H2,(H,25,26,27). The van der Waals surface area contributed by atoms with Gasteiger partial charge in [0, 0.05) is 44.5 Å². The van der Waals surface area contributed by atoms with Gasteiger partial charge in [-0.2, -0.15) is 13.2 Å². The van der Waals surface area contributed by atoms with Crippen LogP contribution in [-0.4, -0.2) is 49.4 Å². The number of hydrogen-bond acceptors (Lipinski definition) is 6. The van der Waals surface area contributed by atoms with Crippen molar-refractivity contribution in [2.75, 3.05) is 54.5 Å². The highest BCUT2D eigenvalue weighted by Crippen LogP contribution is 2.35. The molecule has 2 fully saturated rings.